The van der Waals surface area contributed by atoms with Gasteiger partial charge in [-0.3, -0.25) is 10.1 Å². The second kappa shape index (κ2) is 8.23. The third-order valence-electron chi connectivity index (χ3n) is 1.73. The molecule has 22 heavy (non-hydrogen) atoms. The second-order valence-corrected chi connectivity index (χ2v) is 3.08. The summed E-state index contributed by atoms with van der Waals surface area (Å²) >= 11 is 0. The van der Waals surface area contributed by atoms with Crippen molar-refractivity contribution in [2.45, 2.75) is 18.2 Å². The summed E-state index contributed by atoms with van der Waals surface area (Å²) in [6.45, 7) is -0.817. The summed E-state index contributed by atoms with van der Waals surface area (Å²) in [7, 11) is 0. The highest BCUT2D eigenvalue weighted by molar-refractivity contribution is 4.52. The molecule has 3 N–H and O–H groups in total. The summed E-state index contributed by atoms with van der Waals surface area (Å²) in [4.78, 5) is 39.1. The average molecular weight is 333 g/mol. The van der Waals surface area contributed by atoms with Crippen molar-refractivity contribution in [2.75, 3.05) is 6.61 Å². The van der Waals surface area contributed by atoms with Gasteiger partial charge in [0, 0.05) is 0 Å². The fourth-order valence-corrected chi connectivity index (χ4v) is 0.635. The average Bonchev–Trinajstić information content (AvgIpc) is 2.36. The Morgan fingerprint density at radius 1 is 0.773 bits per heavy atom. The van der Waals surface area contributed by atoms with Gasteiger partial charge in [0.25, 0.3) is 19.7 Å². The molecule has 126 valence electrons. The van der Waals surface area contributed by atoms with E-state index >= 15 is 0 Å². The molecule has 0 aromatic rings. The second-order valence-electron chi connectivity index (χ2n) is 3.08. The summed E-state index contributed by atoms with van der Waals surface area (Å²) in [6.07, 6.45) is -3.78. The van der Waals surface area contributed by atoms with Crippen molar-refractivity contribution in [1.29, 1.82) is 0 Å². The summed E-state index contributed by atoms with van der Waals surface area (Å²) in [5.74, 6) is -4.61. The maximum atomic E-state index is 9.83. The fraction of sp³-hybridized carbons (Fsp3) is 1.00. The molecule has 0 spiro atoms. The highest BCUT2D eigenvalue weighted by Gasteiger charge is 2.85. The third-order valence-corrected chi connectivity index (χ3v) is 1.73. The Morgan fingerprint density at radius 2 is 1.05 bits per heavy atom. The minimum Gasteiger partial charge on any atom is -0.393 e. The molecular formula is C4H7N5O13. The van der Waals surface area contributed by atoms with Crippen molar-refractivity contribution < 1.29 is 39.9 Å². The van der Waals surface area contributed by atoms with E-state index < -0.39 is 49.5 Å². The van der Waals surface area contributed by atoms with E-state index in [1.165, 1.54) is 0 Å². The van der Waals surface area contributed by atoms with Crippen LogP contribution in [0.5, 0.6) is 0 Å². The van der Waals surface area contributed by atoms with Crippen LogP contribution in [0.2, 0.25) is 0 Å². The Labute approximate surface area is 116 Å². The predicted octanol–water partition coefficient (Wildman–Crippen LogP) is -3.36. The largest absolute Gasteiger partial charge is 0.955 e. The molecule has 0 aromatic carbocycles. The number of hydrogen-bond acceptors (Lipinski definition) is 13. The van der Waals surface area contributed by atoms with E-state index in [-0.39, 0.29) is 0 Å². The Balaban J connectivity index is 0. The first-order valence-corrected chi connectivity index (χ1v) is 4.55. The monoisotopic (exact) mass is 333 g/mol. The van der Waals surface area contributed by atoms with Gasteiger partial charge in [-0.25, -0.2) is 40.5 Å². The Bertz CT molecular complexity index is 414. The summed E-state index contributed by atoms with van der Waals surface area (Å²) in [6, 6.07) is 0. The highest BCUT2D eigenvalue weighted by Crippen LogP contribution is 2.12. The Kier molecular flexibility index (Phi) is 7.92. The zero-order chi connectivity index (χ0) is 18.2. The molecule has 0 bridgehead atoms. The Hall–Kier alpha value is -3.12. The van der Waals surface area contributed by atoms with E-state index in [9.17, 15) is 50.6 Å². The zero-order valence-corrected chi connectivity index (χ0v) is 10.0. The highest BCUT2D eigenvalue weighted by atomic mass is 16.8. The summed E-state index contributed by atoms with van der Waals surface area (Å²) in [5.41, 5.74) is 0. The molecule has 0 saturated carbocycles. The van der Waals surface area contributed by atoms with Crippen molar-refractivity contribution in [3.8, 4) is 0 Å². The van der Waals surface area contributed by atoms with Gasteiger partial charge < -0.3 is 15.3 Å². The Morgan fingerprint density at radius 3 is 1.09 bits per heavy atom. The van der Waals surface area contributed by atoms with E-state index in [1.54, 1.807) is 0 Å². The first-order chi connectivity index (χ1) is 9.86. The van der Waals surface area contributed by atoms with E-state index in [1.807, 2.05) is 0 Å². The van der Waals surface area contributed by atoms with Gasteiger partial charge in [-0.2, -0.15) is 0 Å². The SMILES string of the molecule is O=[N+]([O-])C(O)C(O)CO.O=[N+]([O-])C([N+](=O)[O-])([N+](=O)[O-])[N+](=O)[O-]. The molecule has 0 aliphatic heterocycles. The normalized spacial score (nSPS) is 13.0. The molecule has 0 aromatic heterocycles. The van der Waals surface area contributed by atoms with Crippen LogP contribution in [0.1, 0.15) is 0 Å². The number of aliphatic hydroxyl groups excluding tert-OH is 3. The van der Waals surface area contributed by atoms with Crippen LogP contribution in [-0.4, -0.2) is 64.8 Å². The summed E-state index contributed by atoms with van der Waals surface area (Å²) < 4.78 is 0. The van der Waals surface area contributed by atoms with Crippen molar-refractivity contribution in [3.63, 3.8) is 0 Å². The molecule has 0 amide bonds. The fourth-order valence-electron chi connectivity index (χ4n) is 0.635. The molecule has 2 atom stereocenters. The quantitative estimate of drug-likeness (QED) is 0.233. The lowest BCUT2D eigenvalue weighted by Gasteiger charge is -2.05. The molecule has 18 heteroatoms. The molecule has 0 aliphatic carbocycles. The van der Waals surface area contributed by atoms with Gasteiger partial charge >= 0.3 is 12.1 Å². The van der Waals surface area contributed by atoms with E-state index in [0.717, 1.165) is 0 Å². The van der Waals surface area contributed by atoms with Gasteiger partial charge in [-0.1, -0.05) is 0 Å². The lowest BCUT2D eigenvalue weighted by molar-refractivity contribution is -1.11. The van der Waals surface area contributed by atoms with Crippen LogP contribution < -0.4 is 0 Å². The molecular weight excluding hydrogens is 326 g/mol. The van der Waals surface area contributed by atoms with Gasteiger partial charge in [0.2, 0.25) is 0 Å². The zero-order valence-electron chi connectivity index (χ0n) is 10.0. The van der Waals surface area contributed by atoms with Crippen LogP contribution in [-0.2, 0) is 0 Å². The van der Waals surface area contributed by atoms with Crippen LogP contribution in [0.25, 0.3) is 0 Å². The number of nitro groups is 5. The van der Waals surface area contributed by atoms with Crippen LogP contribution in [0.3, 0.4) is 0 Å². The van der Waals surface area contributed by atoms with Gasteiger partial charge in [-0.15, -0.1) is 0 Å². The standard InChI is InChI=1S/C3H7NO5.CN4O8/c5-1-2(6)3(7)4(8)9;6-2(7)1(3(8)9,4(10)11)5(12)13/h2-3,5-7H,1H2;. The number of aliphatic hydroxyl groups is 3. The van der Waals surface area contributed by atoms with E-state index in [4.69, 9.17) is 15.3 Å². The lowest BCUT2D eigenvalue weighted by atomic mass is 10.3. The number of rotatable bonds is 7. The molecule has 18 nitrogen and oxygen atoms in total. The molecule has 2 unspecified atom stereocenters. The van der Waals surface area contributed by atoms with Crippen LogP contribution in [0.15, 0.2) is 0 Å². The first-order valence-electron chi connectivity index (χ1n) is 4.55. The molecule has 0 fully saturated rings. The molecule has 0 rings (SSSR count). The molecule has 0 saturated heterocycles. The van der Waals surface area contributed by atoms with E-state index in [0.29, 0.717) is 0 Å². The summed E-state index contributed by atoms with van der Waals surface area (Å²) in [5, 5.41) is 73.6. The van der Waals surface area contributed by atoms with Gasteiger partial charge in [0.1, 0.15) is 0 Å². The van der Waals surface area contributed by atoms with Gasteiger partial charge in [-0.05, 0) is 0 Å². The van der Waals surface area contributed by atoms with Crippen molar-refractivity contribution in [2.24, 2.45) is 0 Å². The molecule has 0 aliphatic rings. The van der Waals surface area contributed by atoms with Crippen molar-refractivity contribution in [1.82, 2.24) is 0 Å². The van der Waals surface area contributed by atoms with Crippen LogP contribution in [0.4, 0.5) is 0 Å². The van der Waals surface area contributed by atoms with Crippen molar-refractivity contribution in [3.05, 3.63) is 50.6 Å². The predicted molar refractivity (Wildman–Crippen MR) is 56.8 cm³/mol. The van der Waals surface area contributed by atoms with Gasteiger partial charge in [0.15, 0.2) is 6.10 Å². The molecule has 0 radical (unpaired) electrons. The topological polar surface area (TPSA) is 276 Å². The number of nitrogens with zero attached hydrogens (tertiary/aromatic N) is 5. The smallest absolute Gasteiger partial charge is 0.393 e. The van der Waals surface area contributed by atoms with Crippen LogP contribution >= 0.6 is 0 Å². The van der Waals surface area contributed by atoms with Crippen LogP contribution in [0, 0.1) is 50.6 Å². The molecule has 0 heterocycles. The maximum absolute atomic E-state index is 9.83. The minimum absolute atomic E-state index is 0.817. The minimum atomic E-state index is -4.61. The van der Waals surface area contributed by atoms with E-state index in [2.05, 4.69) is 0 Å². The van der Waals surface area contributed by atoms with Gasteiger partial charge in [0.05, 0.1) is 11.5 Å². The third kappa shape index (κ3) is 4.46. The maximum Gasteiger partial charge on any atom is 0.955 e. The van der Waals surface area contributed by atoms with Crippen molar-refractivity contribution >= 4 is 0 Å². The first kappa shape index (κ1) is 21.2. The lowest BCUT2D eigenvalue weighted by Crippen LogP contribution is -2.59. The number of hydrogen-bond donors (Lipinski definition) is 3.